The molecule has 172 valence electrons. The van der Waals surface area contributed by atoms with Crippen molar-refractivity contribution in [2.75, 3.05) is 13.2 Å². The number of hydrogen-bond acceptors (Lipinski definition) is 6. The van der Waals surface area contributed by atoms with Crippen molar-refractivity contribution < 1.29 is 19.1 Å². The molecule has 0 fully saturated rings. The fourth-order valence-corrected chi connectivity index (χ4v) is 3.34. The number of carbonyl (C=O) groups excluding carboxylic acids is 2. The van der Waals surface area contributed by atoms with E-state index in [0.29, 0.717) is 19.6 Å². The summed E-state index contributed by atoms with van der Waals surface area (Å²) in [5.74, 6) is 5.49. The number of nitrogens with two attached hydrogens (primary N) is 1. The molecule has 2 aromatic rings. The number of hydrazone groups is 1. The topological polar surface area (TPSA) is 103 Å². The molecule has 1 atom stereocenters. The molecule has 1 unspecified atom stereocenters. The zero-order valence-electron chi connectivity index (χ0n) is 18.9. The lowest BCUT2D eigenvalue weighted by molar-refractivity contribution is -0.143. The standard InChI is InChI=1S/C25H33N3O4/c1-3-31-22-15-13-21(14-16-22)23(17-25(30)32-4-2)28-24(29)8-6-5-7-19-9-11-20(12-10-19)18-27-26/h9-16,18,23H,3-8,17,26H2,1-2H3,(H,28,29). The van der Waals surface area contributed by atoms with E-state index >= 15 is 0 Å². The number of benzene rings is 2. The second kappa shape index (κ2) is 13.9. The number of aryl methyl sites for hydroxylation is 1. The van der Waals surface area contributed by atoms with Gasteiger partial charge in [-0.15, -0.1) is 0 Å². The van der Waals surface area contributed by atoms with Crippen molar-refractivity contribution in [3.05, 3.63) is 65.2 Å². The van der Waals surface area contributed by atoms with E-state index in [1.54, 1.807) is 13.1 Å². The van der Waals surface area contributed by atoms with E-state index in [-0.39, 0.29) is 18.3 Å². The number of hydrogen-bond donors (Lipinski definition) is 2. The van der Waals surface area contributed by atoms with Crippen molar-refractivity contribution in [3.8, 4) is 5.75 Å². The van der Waals surface area contributed by atoms with Crippen LogP contribution in [0.3, 0.4) is 0 Å². The zero-order chi connectivity index (χ0) is 23.2. The predicted octanol–water partition coefficient (Wildman–Crippen LogP) is 3.90. The lowest BCUT2D eigenvalue weighted by atomic mass is 10.0. The van der Waals surface area contributed by atoms with E-state index in [9.17, 15) is 9.59 Å². The monoisotopic (exact) mass is 439 g/mol. The van der Waals surface area contributed by atoms with Gasteiger partial charge in [0.1, 0.15) is 5.75 Å². The molecule has 0 aliphatic heterocycles. The minimum absolute atomic E-state index is 0.0808. The van der Waals surface area contributed by atoms with E-state index in [2.05, 4.69) is 10.4 Å². The average Bonchev–Trinajstić information content (AvgIpc) is 2.78. The van der Waals surface area contributed by atoms with Gasteiger partial charge in [0, 0.05) is 6.42 Å². The van der Waals surface area contributed by atoms with E-state index in [1.165, 1.54) is 5.56 Å². The number of ether oxygens (including phenoxy) is 2. The first-order valence-corrected chi connectivity index (χ1v) is 11.1. The van der Waals surface area contributed by atoms with E-state index < -0.39 is 6.04 Å². The second-order valence-corrected chi connectivity index (χ2v) is 7.36. The highest BCUT2D eigenvalue weighted by atomic mass is 16.5. The van der Waals surface area contributed by atoms with Crippen molar-refractivity contribution >= 4 is 18.1 Å². The van der Waals surface area contributed by atoms with Crippen molar-refractivity contribution in [2.24, 2.45) is 10.9 Å². The Balaban J connectivity index is 1.87. The Morgan fingerprint density at radius 2 is 1.75 bits per heavy atom. The SMILES string of the molecule is CCOC(=O)CC(NC(=O)CCCCc1ccc(C=NN)cc1)c1ccc(OCC)cc1. The van der Waals surface area contributed by atoms with Gasteiger partial charge in [0.2, 0.25) is 5.91 Å². The largest absolute Gasteiger partial charge is 0.494 e. The van der Waals surface area contributed by atoms with Crippen molar-refractivity contribution in [1.29, 1.82) is 0 Å². The van der Waals surface area contributed by atoms with Gasteiger partial charge in [-0.1, -0.05) is 36.4 Å². The summed E-state index contributed by atoms with van der Waals surface area (Å²) >= 11 is 0. The van der Waals surface area contributed by atoms with Crippen LogP contribution in [0, 0.1) is 0 Å². The molecule has 0 saturated carbocycles. The van der Waals surface area contributed by atoms with Crippen LogP contribution in [0.25, 0.3) is 0 Å². The maximum Gasteiger partial charge on any atom is 0.308 e. The Bertz CT molecular complexity index is 864. The number of nitrogens with one attached hydrogen (secondary N) is 1. The summed E-state index contributed by atoms with van der Waals surface area (Å²) in [6.45, 7) is 4.57. The maximum atomic E-state index is 12.5. The van der Waals surface area contributed by atoms with Crippen molar-refractivity contribution in [2.45, 2.75) is 52.0 Å². The summed E-state index contributed by atoms with van der Waals surface area (Å²) in [6.07, 6.45) is 4.63. The lowest BCUT2D eigenvalue weighted by Crippen LogP contribution is -2.30. The third kappa shape index (κ3) is 8.79. The van der Waals surface area contributed by atoms with Gasteiger partial charge in [-0.05, 0) is 61.9 Å². The number of nitrogens with zero attached hydrogens (tertiary/aromatic N) is 1. The van der Waals surface area contributed by atoms with Crippen LogP contribution < -0.4 is 15.9 Å². The van der Waals surface area contributed by atoms with Crippen LogP contribution in [0.1, 0.15) is 62.3 Å². The molecule has 0 aliphatic rings. The lowest BCUT2D eigenvalue weighted by Gasteiger charge is -2.19. The number of esters is 1. The molecular formula is C25H33N3O4. The summed E-state index contributed by atoms with van der Waals surface area (Å²) in [5.41, 5.74) is 3.00. The van der Waals surface area contributed by atoms with Crippen molar-refractivity contribution in [1.82, 2.24) is 5.32 Å². The first-order chi connectivity index (χ1) is 15.5. The Morgan fingerprint density at radius 3 is 2.38 bits per heavy atom. The highest BCUT2D eigenvalue weighted by molar-refractivity contribution is 5.79. The molecule has 0 aromatic heterocycles. The van der Waals surface area contributed by atoms with Gasteiger partial charge in [0.05, 0.1) is 31.9 Å². The average molecular weight is 440 g/mol. The molecular weight excluding hydrogens is 406 g/mol. The normalized spacial score (nSPS) is 11.8. The van der Waals surface area contributed by atoms with Gasteiger partial charge in [-0.2, -0.15) is 5.10 Å². The van der Waals surface area contributed by atoms with Crippen LogP contribution in [0.5, 0.6) is 5.75 Å². The second-order valence-electron chi connectivity index (χ2n) is 7.36. The molecule has 0 aliphatic carbocycles. The molecule has 0 radical (unpaired) electrons. The summed E-state index contributed by atoms with van der Waals surface area (Å²) in [6, 6.07) is 15.0. The summed E-state index contributed by atoms with van der Waals surface area (Å²) in [4.78, 5) is 24.6. The van der Waals surface area contributed by atoms with Crippen LogP contribution in [-0.4, -0.2) is 31.3 Å². The third-order valence-corrected chi connectivity index (χ3v) is 4.93. The highest BCUT2D eigenvalue weighted by Gasteiger charge is 2.19. The van der Waals surface area contributed by atoms with E-state index in [0.717, 1.165) is 36.1 Å². The molecule has 32 heavy (non-hydrogen) atoms. The van der Waals surface area contributed by atoms with Crippen LogP contribution in [0.2, 0.25) is 0 Å². The summed E-state index contributed by atoms with van der Waals surface area (Å²) in [5, 5.41) is 6.50. The number of unbranched alkanes of at least 4 members (excludes halogenated alkanes) is 1. The number of carbonyl (C=O) groups is 2. The maximum absolute atomic E-state index is 12.5. The molecule has 7 heteroatoms. The molecule has 2 rings (SSSR count). The molecule has 0 spiro atoms. The molecule has 7 nitrogen and oxygen atoms in total. The third-order valence-electron chi connectivity index (χ3n) is 4.93. The van der Waals surface area contributed by atoms with Gasteiger partial charge in [-0.3, -0.25) is 9.59 Å². The Hall–Kier alpha value is -3.35. The van der Waals surface area contributed by atoms with Gasteiger partial charge < -0.3 is 20.6 Å². The fraction of sp³-hybridized carbons (Fsp3) is 0.400. The first kappa shape index (κ1) is 24.9. The minimum atomic E-state index is -0.436. The Morgan fingerprint density at radius 1 is 1.03 bits per heavy atom. The first-order valence-electron chi connectivity index (χ1n) is 11.1. The van der Waals surface area contributed by atoms with Gasteiger partial charge >= 0.3 is 5.97 Å². The predicted molar refractivity (Wildman–Crippen MR) is 126 cm³/mol. The number of rotatable bonds is 13. The van der Waals surface area contributed by atoms with E-state index in [1.807, 2.05) is 55.5 Å². The molecule has 0 saturated heterocycles. The fourth-order valence-electron chi connectivity index (χ4n) is 3.34. The molecule has 1 amide bonds. The number of amides is 1. The smallest absolute Gasteiger partial charge is 0.308 e. The Kier molecular flexibility index (Phi) is 10.8. The van der Waals surface area contributed by atoms with Crippen molar-refractivity contribution in [3.63, 3.8) is 0 Å². The minimum Gasteiger partial charge on any atom is -0.494 e. The molecule has 0 heterocycles. The van der Waals surface area contributed by atoms with Gasteiger partial charge in [-0.25, -0.2) is 0 Å². The quantitative estimate of drug-likeness (QED) is 0.162. The van der Waals surface area contributed by atoms with Crippen LogP contribution >= 0.6 is 0 Å². The van der Waals surface area contributed by atoms with Crippen LogP contribution in [-0.2, 0) is 20.7 Å². The van der Waals surface area contributed by atoms with Gasteiger partial charge in [0.15, 0.2) is 0 Å². The molecule has 2 aromatic carbocycles. The van der Waals surface area contributed by atoms with Crippen LogP contribution in [0.4, 0.5) is 0 Å². The zero-order valence-corrected chi connectivity index (χ0v) is 18.9. The van der Waals surface area contributed by atoms with E-state index in [4.69, 9.17) is 15.3 Å². The Labute approximate surface area is 190 Å². The summed E-state index contributed by atoms with van der Waals surface area (Å²) < 4.78 is 10.5. The highest BCUT2D eigenvalue weighted by Crippen LogP contribution is 2.21. The summed E-state index contributed by atoms with van der Waals surface area (Å²) in [7, 11) is 0. The van der Waals surface area contributed by atoms with Gasteiger partial charge in [0.25, 0.3) is 0 Å². The molecule has 3 N–H and O–H groups in total. The molecule has 0 bridgehead atoms. The van der Waals surface area contributed by atoms with Crippen LogP contribution in [0.15, 0.2) is 53.6 Å².